The molecule has 0 saturated carbocycles. The van der Waals surface area contributed by atoms with Gasteiger partial charge in [-0.15, -0.1) is 12.4 Å². The van der Waals surface area contributed by atoms with Gasteiger partial charge in [0.15, 0.2) is 0 Å². The second kappa shape index (κ2) is 4.30. The normalized spacial score (nSPS) is 8.20. The summed E-state index contributed by atoms with van der Waals surface area (Å²) in [6.45, 7) is 0. The molecule has 5 heteroatoms. The van der Waals surface area contributed by atoms with E-state index in [2.05, 4.69) is 15.3 Å². The molecule has 0 aliphatic carbocycles. The number of halogens is 2. The van der Waals surface area contributed by atoms with Crippen LogP contribution in [0.15, 0.2) is 12.4 Å². The molecule has 1 aromatic heterocycles. The van der Waals surface area contributed by atoms with Crippen molar-refractivity contribution in [2.75, 3.05) is 12.4 Å². The van der Waals surface area contributed by atoms with Crippen LogP contribution in [-0.4, -0.2) is 17.0 Å². The molecule has 1 rings (SSSR count). The van der Waals surface area contributed by atoms with E-state index < -0.39 is 0 Å². The van der Waals surface area contributed by atoms with Gasteiger partial charge in [0, 0.05) is 7.05 Å². The van der Waals surface area contributed by atoms with Gasteiger partial charge in [-0.25, -0.2) is 9.97 Å². The summed E-state index contributed by atoms with van der Waals surface area (Å²) in [4.78, 5) is 7.48. The van der Waals surface area contributed by atoms with E-state index in [-0.39, 0.29) is 17.7 Å². The van der Waals surface area contributed by atoms with Crippen molar-refractivity contribution in [1.82, 2.24) is 9.97 Å². The van der Waals surface area contributed by atoms with Gasteiger partial charge < -0.3 is 5.32 Å². The number of hydrogen-bond acceptors (Lipinski definition) is 3. The highest BCUT2D eigenvalue weighted by atomic mass is 35.5. The summed E-state index contributed by atoms with van der Waals surface area (Å²) in [7, 11) is 1.80. The predicted octanol–water partition coefficient (Wildman–Crippen LogP) is 1.59. The quantitative estimate of drug-likeness (QED) is 0.667. The first kappa shape index (κ1) is 9.46. The molecule has 0 unspecified atom stereocenters. The van der Waals surface area contributed by atoms with Crippen LogP contribution in [0.1, 0.15) is 0 Å². The molecule has 1 aromatic rings. The van der Waals surface area contributed by atoms with Crippen molar-refractivity contribution >= 4 is 29.7 Å². The second-order valence-electron chi connectivity index (χ2n) is 1.49. The molecule has 0 bridgehead atoms. The van der Waals surface area contributed by atoms with Crippen molar-refractivity contribution < 1.29 is 0 Å². The fraction of sp³-hybridized carbons (Fsp3) is 0.200. The van der Waals surface area contributed by atoms with Gasteiger partial charge in [-0.05, 0) is 11.6 Å². The SMILES string of the molecule is CNc1cnc(Cl)nc1.Cl. The molecule has 3 nitrogen and oxygen atoms in total. The molecular weight excluding hydrogens is 173 g/mol. The van der Waals surface area contributed by atoms with Gasteiger partial charge in [0.2, 0.25) is 5.28 Å². The van der Waals surface area contributed by atoms with Crippen LogP contribution in [0.3, 0.4) is 0 Å². The molecule has 0 aromatic carbocycles. The van der Waals surface area contributed by atoms with E-state index in [1.54, 1.807) is 19.4 Å². The van der Waals surface area contributed by atoms with Crippen LogP contribution in [0.5, 0.6) is 0 Å². The van der Waals surface area contributed by atoms with Crippen LogP contribution in [0.4, 0.5) is 5.69 Å². The maximum Gasteiger partial charge on any atom is 0.222 e. The van der Waals surface area contributed by atoms with Gasteiger partial charge in [-0.1, -0.05) is 0 Å². The Bertz CT molecular complexity index is 187. The summed E-state index contributed by atoms with van der Waals surface area (Å²) in [5.41, 5.74) is 0.861. The van der Waals surface area contributed by atoms with E-state index in [9.17, 15) is 0 Å². The number of nitrogens with zero attached hydrogens (tertiary/aromatic N) is 2. The van der Waals surface area contributed by atoms with Crippen molar-refractivity contribution in [3.8, 4) is 0 Å². The summed E-state index contributed by atoms with van der Waals surface area (Å²) in [6.07, 6.45) is 3.24. The minimum absolute atomic E-state index is 0. The lowest BCUT2D eigenvalue weighted by atomic mass is 10.5. The zero-order valence-corrected chi connectivity index (χ0v) is 6.91. The van der Waals surface area contributed by atoms with Crippen LogP contribution in [0, 0.1) is 0 Å². The van der Waals surface area contributed by atoms with E-state index in [1.165, 1.54) is 0 Å². The highest BCUT2D eigenvalue weighted by molar-refractivity contribution is 6.28. The molecule has 0 atom stereocenters. The van der Waals surface area contributed by atoms with Gasteiger partial charge >= 0.3 is 0 Å². The standard InChI is InChI=1S/C5H6ClN3.ClH/c1-7-4-2-8-5(6)9-3-4;/h2-3,7H,1H3;1H. The Hall–Kier alpha value is -0.540. The van der Waals surface area contributed by atoms with Crippen molar-refractivity contribution in [2.24, 2.45) is 0 Å². The molecule has 1 heterocycles. The van der Waals surface area contributed by atoms with E-state index in [1.807, 2.05) is 0 Å². The topological polar surface area (TPSA) is 37.8 Å². The van der Waals surface area contributed by atoms with E-state index in [4.69, 9.17) is 11.6 Å². The first-order chi connectivity index (χ1) is 4.33. The van der Waals surface area contributed by atoms with Crippen LogP contribution in [0.25, 0.3) is 0 Å². The van der Waals surface area contributed by atoms with Gasteiger partial charge in [-0.2, -0.15) is 0 Å². The van der Waals surface area contributed by atoms with Crippen molar-refractivity contribution in [1.29, 1.82) is 0 Å². The van der Waals surface area contributed by atoms with Gasteiger partial charge in [0.05, 0.1) is 18.1 Å². The van der Waals surface area contributed by atoms with Crippen LogP contribution >= 0.6 is 24.0 Å². The largest absolute Gasteiger partial charge is 0.386 e. The van der Waals surface area contributed by atoms with E-state index in [0.717, 1.165) is 5.69 Å². The fourth-order valence-electron chi connectivity index (χ4n) is 0.441. The Labute approximate surface area is 70.2 Å². The third kappa shape index (κ3) is 2.37. The average molecular weight is 180 g/mol. The van der Waals surface area contributed by atoms with Crippen LogP contribution < -0.4 is 5.32 Å². The van der Waals surface area contributed by atoms with Crippen LogP contribution in [-0.2, 0) is 0 Å². The summed E-state index contributed by atoms with van der Waals surface area (Å²) >= 11 is 5.42. The summed E-state index contributed by atoms with van der Waals surface area (Å²) in [5, 5.41) is 3.14. The highest BCUT2D eigenvalue weighted by Gasteiger charge is 1.88. The molecule has 0 saturated heterocycles. The summed E-state index contributed by atoms with van der Waals surface area (Å²) in [6, 6.07) is 0. The third-order valence-corrected chi connectivity index (χ3v) is 1.10. The number of aromatic nitrogens is 2. The summed E-state index contributed by atoms with van der Waals surface area (Å²) in [5.74, 6) is 0. The fourth-order valence-corrected chi connectivity index (χ4v) is 0.539. The first-order valence-electron chi connectivity index (χ1n) is 2.48. The lowest BCUT2D eigenvalue weighted by Gasteiger charge is -1.94. The molecule has 0 aliphatic rings. The van der Waals surface area contributed by atoms with E-state index >= 15 is 0 Å². The zero-order valence-electron chi connectivity index (χ0n) is 5.34. The molecule has 56 valence electrons. The smallest absolute Gasteiger partial charge is 0.222 e. The Morgan fingerprint density at radius 3 is 2.30 bits per heavy atom. The molecule has 0 amide bonds. The number of hydrogen-bond donors (Lipinski definition) is 1. The molecule has 0 fully saturated rings. The maximum atomic E-state index is 5.42. The monoisotopic (exact) mass is 179 g/mol. The number of anilines is 1. The Kier molecular flexibility index (Phi) is 4.07. The number of nitrogens with one attached hydrogen (secondary N) is 1. The maximum absolute atomic E-state index is 5.42. The zero-order chi connectivity index (χ0) is 6.69. The molecule has 0 aliphatic heterocycles. The van der Waals surface area contributed by atoms with Gasteiger partial charge in [-0.3, -0.25) is 0 Å². The molecule has 10 heavy (non-hydrogen) atoms. The Morgan fingerprint density at radius 1 is 1.40 bits per heavy atom. The first-order valence-corrected chi connectivity index (χ1v) is 2.86. The minimum atomic E-state index is 0. The van der Waals surface area contributed by atoms with Crippen molar-refractivity contribution in [3.05, 3.63) is 17.7 Å². The van der Waals surface area contributed by atoms with Crippen LogP contribution in [0.2, 0.25) is 5.28 Å². The Balaban J connectivity index is 0.000000810. The molecule has 0 spiro atoms. The van der Waals surface area contributed by atoms with E-state index in [0.29, 0.717) is 0 Å². The van der Waals surface area contributed by atoms with Crippen molar-refractivity contribution in [3.63, 3.8) is 0 Å². The third-order valence-electron chi connectivity index (χ3n) is 0.909. The molecule has 1 N–H and O–H groups in total. The van der Waals surface area contributed by atoms with Gasteiger partial charge in [0.25, 0.3) is 0 Å². The molecular formula is C5H7Cl2N3. The minimum Gasteiger partial charge on any atom is -0.386 e. The number of rotatable bonds is 1. The average Bonchev–Trinajstić information content (AvgIpc) is 1.90. The van der Waals surface area contributed by atoms with Crippen molar-refractivity contribution in [2.45, 2.75) is 0 Å². The molecule has 0 radical (unpaired) electrons. The predicted molar refractivity (Wildman–Crippen MR) is 43.8 cm³/mol. The van der Waals surface area contributed by atoms with Gasteiger partial charge in [0.1, 0.15) is 0 Å². The highest BCUT2D eigenvalue weighted by Crippen LogP contribution is 2.03. The lowest BCUT2D eigenvalue weighted by Crippen LogP contribution is -1.89. The second-order valence-corrected chi connectivity index (χ2v) is 1.83. The summed E-state index contributed by atoms with van der Waals surface area (Å²) < 4.78 is 0. The Morgan fingerprint density at radius 2 is 1.90 bits per heavy atom. The lowest BCUT2D eigenvalue weighted by molar-refractivity contribution is 1.16.